The molecule has 0 amide bonds. The number of non-ortho nitro benzene ring substituents is 1. The van der Waals surface area contributed by atoms with Gasteiger partial charge < -0.3 is 4.90 Å². The van der Waals surface area contributed by atoms with E-state index in [1.165, 1.54) is 42.5 Å². The molecule has 0 aliphatic heterocycles. The molecule has 30 heavy (non-hydrogen) atoms. The lowest BCUT2D eigenvalue weighted by molar-refractivity contribution is -0.384. The summed E-state index contributed by atoms with van der Waals surface area (Å²) in [5.41, 5.74) is 1.55. The van der Waals surface area contributed by atoms with Crippen LogP contribution in [0.3, 0.4) is 0 Å². The summed E-state index contributed by atoms with van der Waals surface area (Å²) >= 11 is 0. The Bertz CT molecular complexity index is 1140. The first kappa shape index (κ1) is 20.4. The van der Waals surface area contributed by atoms with E-state index in [1.54, 1.807) is 24.1 Å². The molecular formula is C22H17N3O5. The summed E-state index contributed by atoms with van der Waals surface area (Å²) < 4.78 is 0. The van der Waals surface area contributed by atoms with E-state index in [0.717, 1.165) is 5.69 Å². The zero-order valence-corrected chi connectivity index (χ0v) is 16.0. The molecule has 3 aromatic carbocycles. The first-order valence-corrected chi connectivity index (χ1v) is 8.91. The second-order valence-corrected chi connectivity index (χ2v) is 6.40. The molecule has 8 nitrogen and oxygen atoms in total. The SMILES string of the molecule is CN(c1ccccc1)c1ccc(/C=C/C(=O)c2cccc([N+](=O)[O-])c2)cc1[N+](=O)[O-]. The third-order valence-corrected chi connectivity index (χ3v) is 4.47. The number of carbonyl (C=O) groups excluding carboxylic acids is 1. The van der Waals surface area contributed by atoms with Crippen molar-refractivity contribution >= 4 is 34.6 Å². The highest BCUT2D eigenvalue weighted by molar-refractivity contribution is 6.07. The lowest BCUT2D eigenvalue weighted by atomic mass is 10.1. The number of hydrogen-bond donors (Lipinski definition) is 0. The lowest BCUT2D eigenvalue weighted by Gasteiger charge is -2.19. The molecule has 0 radical (unpaired) electrons. The molecule has 0 aliphatic rings. The van der Waals surface area contributed by atoms with Gasteiger partial charge in [-0.05, 0) is 29.8 Å². The van der Waals surface area contributed by atoms with Crippen LogP contribution < -0.4 is 4.90 Å². The molecule has 3 aromatic rings. The smallest absolute Gasteiger partial charge is 0.293 e. The minimum atomic E-state index is -0.578. The van der Waals surface area contributed by atoms with Crippen LogP contribution in [0.5, 0.6) is 0 Å². The van der Waals surface area contributed by atoms with Gasteiger partial charge >= 0.3 is 0 Å². The van der Waals surface area contributed by atoms with Gasteiger partial charge in [0.1, 0.15) is 5.69 Å². The van der Waals surface area contributed by atoms with Crippen LogP contribution in [0, 0.1) is 20.2 Å². The fourth-order valence-electron chi connectivity index (χ4n) is 2.91. The zero-order valence-electron chi connectivity index (χ0n) is 16.0. The van der Waals surface area contributed by atoms with Gasteiger partial charge in [-0.1, -0.05) is 42.5 Å². The van der Waals surface area contributed by atoms with Crippen LogP contribution in [0.1, 0.15) is 15.9 Å². The van der Waals surface area contributed by atoms with Crippen molar-refractivity contribution in [2.75, 3.05) is 11.9 Å². The number of benzene rings is 3. The van der Waals surface area contributed by atoms with Gasteiger partial charge in [-0.2, -0.15) is 0 Å². The Morgan fingerprint density at radius 1 is 0.900 bits per heavy atom. The van der Waals surface area contributed by atoms with Crippen molar-refractivity contribution in [2.24, 2.45) is 0 Å². The normalized spacial score (nSPS) is 10.7. The van der Waals surface area contributed by atoms with Gasteiger partial charge in [0.15, 0.2) is 5.78 Å². The molecule has 8 heteroatoms. The van der Waals surface area contributed by atoms with Crippen molar-refractivity contribution in [3.05, 3.63) is 110 Å². The van der Waals surface area contributed by atoms with Crippen LogP contribution in [0.2, 0.25) is 0 Å². The molecule has 3 rings (SSSR count). The van der Waals surface area contributed by atoms with E-state index >= 15 is 0 Å². The van der Waals surface area contributed by atoms with Crippen molar-refractivity contribution in [3.63, 3.8) is 0 Å². The number of para-hydroxylation sites is 1. The summed E-state index contributed by atoms with van der Waals surface area (Å²) in [6.07, 6.45) is 2.68. The highest BCUT2D eigenvalue weighted by atomic mass is 16.6. The van der Waals surface area contributed by atoms with Crippen LogP contribution in [0.15, 0.2) is 78.9 Å². The number of nitrogens with zero attached hydrogens (tertiary/aromatic N) is 3. The monoisotopic (exact) mass is 403 g/mol. The van der Waals surface area contributed by atoms with Gasteiger partial charge in [0, 0.05) is 36.5 Å². The van der Waals surface area contributed by atoms with E-state index in [4.69, 9.17) is 0 Å². The fraction of sp³-hybridized carbons (Fsp3) is 0.0455. The third-order valence-electron chi connectivity index (χ3n) is 4.47. The van der Waals surface area contributed by atoms with E-state index in [0.29, 0.717) is 11.3 Å². The standard InChI is InChI=1S/C22H17N3O5/c1-23(18-7-3-2-4-8-18)20-12-10-16(14-21(20)25(29)30)11-13-22(26)17-6-5-9-19(15-17)24(27)28/h2-15H,1H3/b13-11+. The summed E-state index contributed by atoms with van der Waals surface area (Å²) in [7, 11) is 1.74. The maximum absolute atomic E-state index is 12.3. The number of hydrogen-bond acceptors (Lipinski definition) is 6. The second kappa shape index (κ2) is 8.78. The minimum Gasteiger partial charge on any atom is -0.339 e. The van der Waals surface area contributed by atoms with Gasteiger partial charge in [0.25, 0.3) is 11.4 Å². The van der Waals surface area contributed by atoms with Crippen molar-refractivity contribution in [3.8, 4) is 0 Å². The Labute approximate surface area is 172 Å². The topological polar surface area (TPSA) is 107 Å². The van der Waals surface area contributed by atoms with Gasteiger partial charge in [-0.25, -0.2) is 0 Å². The van der Waals surface area contributed by atoms with E-state index in [-0.39, 0.29) is 16.9 Å². The van der Waals surface area contributed by atoms with Gasteiger partial charge in [0.2, 0.25) is 0 Å². The van der Waals surface area contributed by atoms with Crippen LogP contribution >= 0.6 is 0 Å². The zero-order chi connectivity index (χ0) is 21.7. The molecular weight excluding hydrogens is 386 g/mol. The number of rotatable bonds is 7. The molecule has 0 aliphatic carbocycles. The predicted molar refractivity (Wildman–Crippen MR) is 114 cm³/mol. The van der Waals surface area contributed by atoms with Crippen molar-refractivity contribution in [1.82, 2.24) is 0 Å². The molecule has 0 saturated carbocycles. The van der Waals surface area contributed by atoms with Gasteiger partial charge in [-0.15, -0.1) is 0 Å². The largest absolute Gasteiger partial charge is 0.339 e. The van der Waals surface area contributed by atoms with Crippen LogP contribution in [-0.2, 0) is 0 Å². The average molecular weight is 403 g/mol. The Kier molecular flexibility index (Phi) is 5.97. The highest BCUT2D eigenvalue weighted by Crippen LogP contribution is 2.33. The Balaban J connectivity index is 1.87. The number of allylic oxidation sites excluding steroid dienone is 1. The summed E-state index contributed by atoms with van der Waals surface area (Å²) in [4.78, 5) is 35.4. The van der Waals surface area contributed by atoms with E-state index in [2.05, 4.69) is 0 Å². The minimum absolute atomic E-state index is 0.105. The van der Waals surface area contributed by atoms with Crippen LogP contribution in [-0.4, -0.2) is 22.7 Å². The quantitative estimate of drug-likeness (QED) is 0.233. The maximum Gasteiger partial charge on any atom is 0.293 e. The highest BCUT2D eigenvalue weighted by Gasteiger charge is 2.18. The molecule has 0 atom stereocenters. The summed E-state index contributed by atoms with van der Waals surface area (Å²) in [6.45, 7) is 0. The first-order chi connectivity index (χ1) is 14.4. The molecule has 0 saturated heterocycles. The molecule has 0 bridgehead atoms. The van der Waals surface area contributed by atoms with Crippen molar-refractivity contribution in [2.45, 2.75) is 0 Å². The maximum atomic E-state index is 12.3. The first-order valence-electron chi connectivity index (χ1n) is 8.91. The number of nitro groups is 2. The van der Waals surface area contributed by atoms with Crippen LogP contribution in [0.4, 0.5) is 22.7 Å². The molecule has 0 heterocycles. The summed E-state index contributed by atoms with van der Waals surface area (Å²) in [5, 5.41) is 22.4. The number of anilines is 2. The van der Waals surface area contributed by atoms with Crippen molar-refractivity contribution < 1.29 is 14.6 Å². The number of carbonyl (C=O) groups is 1. The Morgan fingerprint density at radius 3 is 2.30 bits per heavy atom. The predicted octanol–water partition coefficient (Wildman–Crippen LogP) is 5.17. The molecule has 150 valence electrons. The van der Waals surface area contributed by atoms with Gasteiger partial charge in [-0.3, -0.25) is 25.0 Å². The molecule has 0 aromatic heterocycles. The summed E-state index contributed by atoms with van der Waals surface area (Å²) in [5.74, 6) is -0.438. The van der Waals surface area contributed by atoms with Gasteiger partial charge in [0.05, 0.1) is 9.85 Å². The van der Waals surface area contributed by atoms with E-state index < -0.39 is 15.6 Å². The third kappa shape index (κ3) is 4.56. The molecule has 0 fully saturated rings. The molecule has 0 spiro atoms. The van der Waals surface area contributed by atoms with Crippen molar-refractivity contribution in [1.29, 1.82) is 0 Å². The molecule has 0 N–H and O–H groups in total. The Morgan fingerprint density at radius 2 is 1.63 bits per heavy atom. The second-order valence-electron chi connectivity index (χ2n) is 6.40. The number of nitro benzene ring substituents is 2. The molecule has 0 unspecified atom stereocenters. The average Bonchev–Trinajstić information content (AvgIpc) is 2.77. The van der Waals surface area contributed by atoms with E-state index in [9.17, 15) is 25.0 Å². The number of ketones is 1. The lowest BCUT2D eigenvalue weighted by Crippen LogP contribution is -2.11. The Hall–Kier alpha value is -4.33. The fourth-order valence-corrected chi connectivity index (χ4v) is 2.91. The summed E-state index contributed by atoms with van der Waals surface area (Å²) in [6, 6.07) is 19.3. The van der Waals surface area contributed by atoms with Crippen LogP contribution in [0.25, 0.3) is 6.08 Å². The van der Waals surface area contributed by atoms with E-state index in [1.807, 2.05) is 30.3 Å².